The average molecular weight is 479 g/mol. The number of nitrogens with one attached hydrogen (secondary N) is 2. The highest BCUT2D eigenvalue weighted by Crippen LogP contribution is 2.32. The smallest absolute Gasteiger partial charge is 0.443 e. The van der Waals surface area contributed by atoms with E-state index < -0.39 is 11.6 Å². The summed E-state index contributed by atoms with van der Waals surface area (Å²) in [5.74, 6) is -0.457. The van der Waals surface area contributed by atoms with Gasteiger partial charge in [-0.25, -0.2) is 19.2 Å². The second-order valence-corrected chi connectivity index (χ2v) is 8.17. The van der Waals surface area contributed by atoms with Crippen molar-refractivity contribution < 1.29 is 18.3 Å². The number of benzene rings is 1. The van der Waals surface area contributed by atoms with E-state index in [-0.39, 0.29) is 41.6 Å². The van der Waals surface area contributed by atoms with Gasteiger partial charge >= 0.3 is 5.76 Å². The van der Waals surface area contributed by atoms with E-state index in [1.165, 1.54) is 22.9 Å². The fourth-order valence-electron chi connectivity index (χ4n) is 4.37. The van der Waals surface area contributed by atoms with Gasteiger partial charge in [0.2, 0.25) is 5.89 Å². The Morgan fingerprint density at radius 3 is 2.97 bits per heavy atom. The molecule has 0 saturated carbocycles. The first-order chi connectivity index (χ1) is 17.0. The maximum atomic E-state index is 14.6. The molecule has 0 radical (unpaired) electrons. The van der Waals surface area contributed by atoms with Crippen molar-refractivity contribution in [3.63, 3.8) is 0 Å². The van der Waals surface area contributed by atoms with Crippen LogP contribution in [0.5, 0.6) is 5.75 Å². The van der Waals surface area contributed by atoms with Crippen LogP contribution in [-0.4, -0.2) is 43.4 Å². The normalized spacial score (nSPS) is 16.3. The zero-order valence-electron chi connectivity index (χ0n) is 18.2. The van der Waals surface area contributed by atoms with Crippen LogP contribution in [0.15, 0.2) is 44.5 Å². The number of anilines is 1. The number of halogens is 1. The largest absolute Gasteiger partial charge is 0.480 e. The molecule has 1 aromatic carbocycles. The van der Waals surface area contributed by atoms with Crippen molar-refractivity contribution >= 4 is 22.8 Å². The highest BCUT2D eigenvalue weighted by atomic mass is 19.1. The summed E-state index contributed by atoms with van der Waals surface area (Å²) >= 11 is 0. The zero-order chi connectivity index (χ0) is 24.1. The van der Waals surface area contributed by atoms with Gasteiger partial charge in [0.15, 0.2) is 24.0 Å². The lowest BCUT2D eigenvalue weighted by atomic mass is 10.1. The highest BCUT2D eigenvalue weighted by Gasteiger charge is 2.28. The molecular weight excluding hydrogens is 461 g/mol. The first kappa shape index (κ1) is 21.2. The first-order valence-electron chi connectivity index (χ1n) is 10.9. The molecule has 0 fully saturated rings. The maximum absolute atomic E-state index is 14.6. The van der Waals surface area contributed by atoms with Crippen molar-refractivity contribution in [2.24, 2.45) is 0 Å². The van der Waals surface area contributed by atoms with Crippen LogP contribution >= 0.6 is 0 Å². The third-order valence-electron chi connectivity index (χ3n) is 5.93. The van der Waals surface area contributed by atoms with E-state index in [2.05, 4.69) is 25.7 Å². The number of carbonyl (C=O) groups excluding carboxylic acids is 1. The monoisotopic (exact) mass is 479 g/mol. The molecule has 0 unspecified atom stereocenters. The molecule has 12 nitrogen and oxygen atoms in total. The summed E-state index contributed by atoms with van der Waals surface area (Å²) in [4.78, 5) is 44.3. The molecule has 5 heterocycles. The van der Waals surface area contributed by atoms with Crippen molar-refractivity contribution in [3.8, 4) is 11.6 Å². The Labute approximate surface area is 195 Å². The van der Waals surface area contributed by atoms with E-state index in [1.807, 2.05) is 0 Å². The van der Waals surface area contributed by atoms with Gasteiger partial charge in [-0.05, 0) is 37.2 Å². The lowest BCUT2D eigenvalue weighted by Gasteiger charge is -2.16. The van der Waals surface area contributed by atoms with Crippen LogP contribution < -0.4 is 26.7 Å². The number of amides is 1. The number of hydrogen-bond donors (Lipinski definition) is 2. The number of pyridine rings is 1. The number of nitrogens with zero attached hydrogens (tertiary/aromatic N) is 5. The SMILES string of the molecule is O=C1COc2ccc(-n3nc(CCCN[C@H]4Cn5c(=O)cnc6ccc(F)c4c65)oc3=O)nc2N1. The van der Waals surface area contributed by atoms with Crippen LogP contribution in [0.1, 0.15) is 23.9 Å². The predicted molar refractivity (Wildman–Crippen MR) is 119 cm³/mol. The summed E-state index contributed by atoms with van der Waals surface area (Å²) in [6.07, 6.45) is 2.12. The fraction of sp³-hybridized carbons (Fsp3) is 0.273. The molecule has 0 aliphatic carbocycles. The molecule has 4 aromatic rings. The van der Waals surface area contributed by atoms with Gasteiger partial charge in [-0.1, -0.05) is 0 Å². The third kappa shape index (κ3) is 3.65. The van der Waals surface area contributed by atoms with E-state index in [4.69, 9.17) is 9.15 Å². The Morgan fingerprint density at radius 2 is 2.09 bits per heavy atom. The molecule has 13 heteroatoms. The van der Waals surface area contributed by atoms with Gasteiger partial charge in [-0.3, -0.25) is 9.59 Å². The van der Waals surface area contributed by atoms with Crippen LogP contribution in [0, 0.1) is 5.82 Å². The topological polar surface area (TPSA) is 146 Å². The van der Waals surface area contributed by atoms with E-state index in [1.54, 1.807) is 12.1 Å². The molecule has 0 spiro atoms. The van der Waals surface area contributed by atoms with Gasteiger partial charge < -0.3 is 24.4 Å². The standard InChI is InChI=1S/C22H18FN7O5/c23-11-3-4-12-20-19(11)13(9-29(20)18(32)8-25-12)24-7-1-2-17-28-30(22(33)35-17)15-6-5-14-21(26-15)27-16(31)10-34-14/h3-6,8,13,24H,1-2,7,9-10H2,(H,26,27,31)/t13-/m0/s1. The van der Waals surface area contributed by atoms with Crippen LogP contribution in [0.2, 0.25) is 0 Å². The predicted octanol–water partition coefficient (Wildman–Crippen LogP) is 0.677. The Morgan fingerprint density at radius 1 is 1.20 bits per heavy atom. The molecule has 3 aromatic heterocycles. The maximum Gasteiger partial charge on any atom is 0.443 e. The van der Waals surface area contributed by atoms with Crippen molar-refractivity contribution in [1.29, 1.82) is 0 Å². The number of aryl methyl sites for hydroxylation is 1. The minimum atomic E-state index is -0.713. The van der Waals surface area contributed by atoms with Gasteiger partial charge in [-0.15, -0.1) is 9.78 Å². The molecule has 2 aliphatic heterocycles. The Balaban J connectivity index is 1.13. The van der Waals surface area contributed by atoms with Gasteiger partial charge in [0, 0.05) is 18.5 Å². The van der Waals surface area contributed by atoms with Gasteiger partial charge in [0.1, 0.15) is 5.82 Å². The van der Waals surface area contributed by atoms with Gasteiger partial charge in [0.25, 0.3) is 11.5 Å². The molecule has 2 N–H and O–H groups in total. The summed E-state index contributed by atoms with van der Waals surface area (Å²) in [5.41, 5.74) is 1.24. The van der Waals surface area contributed by atoms with Crippen LogP contribution in [0.25, 0.3) is 16.9 Å². The van der Waals surface area contributed by atoms with E-state index >= 15 is 0 Å². The summed E-state index contributed by atoms with van der Waals surface area (Å²) in [7, 11) is 0. The molecule has 0 saturated heterocycles. The van der Waals surface area contributed by atoms with Crippen LogP contribution in [-0.2, 0) is 17.8 Å². The highest BCUT2D eigenvalue weighted by molar-refractivity contribution is 5.94. The number of ether oxygens (including phenoxy) is 1. The van der Waals surface area contributed by atoms with E-state index in [0.29, 0.717) is 48.3 Å². The summed E-state index contributed by atoms with van der Waals surface area (Å²) < 4.78 is 27.6. The number of carbonyl (C=O) groups is 1. The second kappa shape index (κ2) is 8.13. The van der Waals surface area contributed by atoms with Crippen molar-refractivity contribution in [2.75, 3.05) is 18.5 Å². The number of rotatable bonds is 6. The Kier molecular flexibility index (Phi) is 4.91. The van der Waals surface area contributed by atoms with Crippen molar-refractivity contribution in [3.05, 3.63) is 68.6 Å². The molecular formula is C22H18FN7O5. The minimum Gasteiger partial charge on any atom is -0.480 e. The Hall–Kier alpha value is -4.39. The minimum absolute atomic E-state index is 0.0987. The van der Waals surface area contributed by atoms with E-state index in [9.17, 15) is 18.8 Å². The van der Waals surface area contributed by atoms with Crippen molar-refractivity contribution in [2.45, 2.75) is 25.4 Å². The van der Waals surface area contributed by atoms with Crippen molar-refractivity contribution in [1.82, 2.24) is 29.6 Å². The first-order valence-corrected chi connectivity index (χ1v) is 10.9. The number of hydrogen-bond acceptors (Lipinski definition) is 9. The molecule has 6 rings (SSSR count). The number of fused-ring (bicyclic) bond motifs is 1. The average Bonchev–Trinajstić information content (AvgIpc) is 3.42. The molecule has 2 aliphatic rings. The van der Waals surface area contributed by atoms with Crippen LogP contribution in [0.4, 0.5) is 10.2 Å². The van der Waals surface area contributed by atoms with E-state index in [0.717, 1.165) is 4.68 Å². The second-order valence-electron chi connectivity index (χ2n) is 8.17. The molecule has 0 bridgehead atoms. The quantitative estimate of drug-likeness (QED) is 0.381. The summed E-state index contributed by atoms with van der Waals surface area (Å²) in [6, 6.07) is 5.66. The summed E-state index contributed by atoms with van der Waals surface area (Å²) in [5, 5.41) is 10.0. The molecule has 1 amide bonds. The molecule has 35 heavy (non-hydrogen) atoms. The molecule has 1 atom stereocenters. The van der Waals surface area contributed by atoms with Gasteiger partial charge in [-0.2, -0.15) is 0 Å². The fourth-order valence-corrected chi connectivity index (χ4v) is 4.37. The summed E-state index contributed by atoms with van der Waals surface area (Å²) in [6.45, 7) is 0.675. The van der Waals surface area contributed by atoms with Gasteiger partial charge in [0.05, 0.1) is 23.3 Å². The Bertz CT molecular complexity index is 1610. The third-order valence-corrected chi connectivity index (χ3v) is 5.93. The number of aromatic nitrogens is 5. The lowest BCUT2D eigenvalue weighted by molar-refractivity contribution is -0.118. The van der Waals surface area contributed by atoms with Crippen LogP contribution in [0.3, 0.4) is 0 Å². The zero-order valence-corrected chi connectivity index (χ0v) is 18.2. The lowest BCUT2D eigenvalue weighted by Crippen LogP contribution is -2.27. The molecule has 178 valence electrons.